The van der Waals surface area contributed by atoms with Crippen LogP contribution in [0.1, 0.15) is 0 Å². The molecule has 0 saturated carbocycles. The van der Waals surface area contributed by atoms with Crippen molar-refractivity contribution in [1.82, 2.24) is 0 Å². The monoisotopic (exact) mass is 236 g/mol. The number of nitrogens with zero attached hydrogens (tertiary/aromatic N) is 1. The van der Waals surface area contributed by atoms with Crippen LogP contribution in [0.25, 0.3) is 0 Å². The number of rotatable bonds is 2. The molecule has 14 heavy (non-hydrogen) atoms. The van der Waals surface area contributed by atoms with E-state index in [4.69, 9.17) is 10.7 Å². The number of benzene rings is 1. The molecule has 5 nitrogen and oxygen atoms in total. The molecular weight excluding hydrogens is 228 g/mol. The summed E-state index contributed by atoms with van der Waals surface area (Å²) in [5.74, 6) is 0. The first kappa shape index (κ1) is 13.0. The van der Waals surface area contributed by atoms with Crippen LogP contribution in [0.3, 0.4) is 0 Å². The molecule has 0 aliphatic carbocycles. The Labute approximate surface area is 88.0 Å². The van der Waals surface area contributed by atoms with Crippen LogP contribution in [0.2, 0.25) is 0 Å². The first-order chi connectivity index (χ1) is 6.63. The van der Waals surface area contributed by atoms with Gasteiger partial charge < -0.3 is 5.73 Å². The van der Waals surface area contributed by atoms with Crippen molar-refractivity contribution in [2.24, 2.45) is 5.73 Å². The molecule has 0 aliphatic rings. The Morgan fingerprint density at radius 1 is 1.43 bits per heavy atom. The van der Waals surface area contributed by atoms with Crippen molar-refractivity contribution in [3.8, 4) is 0 Å². The van der Waals surface area contributed by atoms with Crippen molar-refractivity contribution in [2.75, 3.05) is 7.05 Å². The van der Waals surface area contributed by atoms with Crippen molar-refractivity contribution in [2.45, 2.75) is 4.90 Å². The summed E-state index contributed by atoms with van der Waals surface area (Å²) in [6, 6.07) is 5.66. The Morgan fingerprint density at radius 2 is 1.93 bits per heavy atom. The van der Waals surface area contributed by atoms with Crippen molar-refractivity contribution < 1.29 is 9.13 Å². The van der Waals surface area contributed by atoms with Crippen LogP contribution in [0.4, 0.5) is 5.69 Å². The number of halogens is 1. The minimum Gasteiger partial charge on any atom is -0.333 e. The van der Waals surface area contributed by atoms with Crippen molar-refractivity contribution in [1.29, 1.82) is 0 Å². The number of nitro groups is 1. The van der Waals surface area contributed by atoms with E-state index in [1.807, 2.05) is 0 Å². The van der Waals surface area contributed by atoms with Crippen LogP contribution in [0.15, 0.2) is 29.2 Å². The molecule has 0 amide bonds. The molecule has 0 bridgehead atoms. The highest BCUT2D eigenvalue weighted by Gasteiger charge is 2.15. The first-order valence-electron chi connectivity index (χ1n) is 3.52. The van der Waals surface area contributed by atoms with Crippen molar-refractivity contribution >= 4 is 26.4 Å². The Morgan fingerprint density at radius 3 is 2.29 bits per heavy atom. The van der Waals surface area contributed by atoms with E-state index in [1.165, 1.54) is 25.2 Å². The Balaban J connectivity index is 0.000000791. The van der Waals surface area contributed by atoms with Gasteiger partial charge in [0.25, 0.3) is 5.69 Å². The lowest BCUT2D eigenvalue weighted by Crippen LogP contribution is -1.93. The number of para-hydroxylation sites is 1. The fourth-order valence-electron chi connectivity index (χ4n) is 0.744. The molecule has 78 valence electrons. The quantitative estimate of drug-likeness (QED) is 0.478. The zero-order chi connectivity index (χ0) is 11.1. The second-order valence-corrected chi connectivity index (χ2v) is 3.68. The molecule has 1 rings (SSSR count). The van der Waals surface area contributed by atoms with Crippen LogP contribution in [-0.4, -0.2) is 16.2 Å². The van der Waals surface area contributed by atoms with Gasteiger partial charge in [-0.1, -0.05) is 12.1 Å². The molecular formula is C7H9ClN2O3S. The summed E-state index contributed by atoms with van der Waals surface area (Å²) in [5.41, 5.74) is 4.28. The maximum atomic E-state index is 10.7. The van der Waals surface area contributed by atoms with E-state index >= 15 is 0 Å². The maximum Gasteiger partial charge on any atom is 0.286 e. The van der Waals surface area contributed by atoms with Crippen molar-refractivity contribution in [3.05, 3.63) is 34.4 Å². The summed E-state index contributed by atoms with van der Waals surface area (Å²) >= 11 is 0. The predicted molar refractivity (Wildman–Crippen MR) is 55.5 cm³/mol. The minimum absolute atomic E-state index is 0.0316. The van der Waals surface area contributed by atoms with Gasteiger partial charge >= 0.3 is 0 Å². The minimum atomic E-state index is -1.83. The lowest BCUT2D eigenvalue weighted by atomic mass is 10.3. The summed E-state index contributed by atoms with van der Waals surface area (Å²) < 4.78 is 10.7. The summed E-state index contributed by atoms with van der Waals surface area (Å²) in [6.07, 6.45) is 0. The van der Waals surface area contributed by atoms with E-state index in [2.05, 4.69) is 5.73 Å². The van der Waals surface area contributed by atoms with Gasteiger partial charge in [-0.25, -0.2) is 4.21 Å². The third kappa shape index (κ3) is 3.41. The molecule has 1 unspecified atom stereocenters. The van der Waals surface area contributed by atoms with Crippen LogP contribution in [0, 0.1) is 10.1 Å². The molecule has 0 fully saturated rings. The number of hydrogen-bond donors (Lipinski definition) is 1. The van der Waals surface area contributed by atoms with Gasteiger partial charge in [0.2, 0.25) is 0 Å². The zero-order valence-electron chi connectivity index (χ0n) is 7.34. The van der Waals surface area contributed by atoms with E-state index in [-0.39, 0.29) is 10.6 Å². The molecule has 1 aromatic carbocycles. The van der Waals surface area contributed by atoms with Crippen LogP contribution in [0.5, 0.6) is 0 Å². The average molecular weight is 237 g/mol. The Hall–Kier alpha value is -0.980. The third-order valence-corrected chi connectivity index (χ3v) is 2.42. The van der Waals surface area contributed by atoms with Gasteiger partial charge in [-0.05, 0) is 23.8 Å². The highest BCUT2D eigenvalue weighted by Crippen LogP contribution is 2.22. The number of nitrogens with two attached hydrogens (primary N) is 1. The topological polar surface area (TPSA) is 86.2 Å². The van der Waals surface area contributed by atoms with E-state index in [0.29, 0.717) is 0 Å². The Kier molecular flexibility index (Phi) is 6.02. The van der Waals surface area contributed by atoms with Crippen LogP contribution < -0.4 is 5.73 Å². The molecule has 0 saturated heterocycles. The van der Waals surface area contributed by atoms with Gasteiger partial charge in [-0.2, -0.15) is 0 Å². The molecule has 0 spiro atoms. The largest absolute Gasteiger partial charge is 0.333 e. The molecule has 0 radical (unpaired) electrons. The molecule has 0 aromatic heterocycles. The third-order valence-electron chi connectivity index (χ3n) is 1.23. The summed E-state index contributed by atoms with van der Waals surface area (Å²) in [5, 5.41) is 10.3. The van der Waals surface area contributed by atoms with E-state index in [0.717, 1.165) is 0 Å². The SMILES string of the molecule is CN.O=[N+]([O-])c1ccccc1S(=O)Cl. The van der Waals surface area contributed by atoms with Gasteiger partial charge in [-0.3, -0.25) is 10.1 Å². The lowest BCUT2D eigenvalue weighted by Gasteiger charge is -1.95. The second-order valence-electron chi connectivity index (χ2n) is 1.95. The second kappa shape index (κ2) is 6.47. The average Bonchev–Trinajstić information content (AvgIpc) is 2.20. The summed E-state index contributed by atoms with van der Waals surface area (Å²) in [7, 11) is 4.89. The highest BCUT2D eigenvalue weighted by atomic mass is 35.7. The molecule has 2 N–H and O–H groups in total. The van der Waals surface area contributed by atoms with Gasteiger partial charge in [0, 0.05) is 6.07 Å². The highest BCUT2D eigenvalue weighted by molar-refractivity contribution is 8.08. The van der Waals surface area contributed by atoms with Gasteiger partial charge in [-0.15, -0.1) is 0 Å². The predicted octanol–water partition coefficient (Wildman–Crippen LogP) is 1.43. The number of nitro benzene ring substituents is 1. The lowest BCUT2D eigenvalue weighted by molar-refractivity contribution is -0.387. The van der Waals surface area contributed by atoms with Crippen molar-refractivity contribution in [3.63, 3.8) is 0 Å². The van der Waals surface area contributed by atoms with Gasteiger partial charge in [0.15, 0.2) is 10.0 Å². The molecule has 0 heterocycles. The van der Waals surface area contributed by atoms with E-state index < -0.39 is 14.9 Å². The maximum absolute atomic E-state index is 10.7. The van der Waals surface area contributed by atoms with Crippen LogP contribution in [-0.2, 0) is 10.0 Å². The standard InChI is InChI=1S/C6H4ClNO3S.CH5N/c7-12(11)6-4-2-1-3-5(6)8(9)10;1-2/h1-4H;2H2,1H3. The molecule has 7 heteroatoms. The fourth-order valence-corrected chi connectivity index (χ4v) is 1.63. The Bertz CT molecular complexity index is 312. The van der Waals surface area contributed by atoms with Gasteiger partial charge in [0.1, 0.15) is 4.90 Å². The van der Waals surface area contributed by atoms with E-state index in [9.17, 15) is 14.3 Å². The first-order valence-corrected chi connectivity index (χ1v) is 5.49. The van der Waals surface area contributed by atoms with E-state index in [1.54, 1.807) is 6.07 Å². The molecule has 1 atom stereocenters. The summed E-state index contributed by atoms with van der Waals surface area (Å²) in [6.45, 7) is 0. The number of hydrogen-bond acceptors (Lipinski definition) is 4. The molecule has 1 aromatic rings. The smallest absolute Gasteiger partial charge is 0.286 e. The molecule has 0 aliphatic heterocycles. The van der Waals surface area contributed by atoms with Gasteiger partial charge in [0.05, 0.1) is 4.92 Å². The fraction of sp³-hybridized carbons (Fsp3) is 0.143. The normalized spacial score (nSPS) is 11.1. The zero-order valence-corrected chi connectivity index (χ0v) is 8.92. The van der Waals surface area contributed by atoms with Crippen LogP contribution >= 0.6 is 10.7 Å². The summed E-state index contributed by atoms with van der Waals surface area (Å²) in [4.78, 5) is 9.75.